The van der Waals surface area contributed by atoms with Crippen LogP contribution >= 0.6 is 24.0 Å². The second-order valence-electron chi connectivity index (χ2n) is 5.75. The van der Waals surface area contributed by atoms with Crippen LogP contribution in [-0.2, 0) is 0 Å². The average Bonchev–Trinajstić information content (AvgIpc) is 3.32. The van der Waals surface area contributed by atoms with Crippen LogP contribution in [-0.4, -0.2) is 26.2 Å². The minimum atomic E-state index is -0.547. The van der Waals surface area contributed by atoms with Gasteiger partial charge >= 0.3 is 0 Å². The van der Waals surface area contributed by atoms with Gasteiger partial charge in [-0.25, -0.2) is 13.8 Å². The fourth-order valence-electron chi connectivity index (χ4n) is 2.77. The van der Waals surface area contributed by atoms with Gasteiger partial charge in [-0.3, -0.25) is 0 Å². The van der Waals surface area contributed by atoms with Crippen LogP contribution < -0.4 is 20.5 Å². The molecule has 1 aliphatic rings. The Morgan fingerprint density at radius 1 is 1.12 bits per heavy atom. The molecule has 1 saturated carbocycles. The molecule has 26 heavy (non-hydrogen) atoms. The molecule has 0 heterocycles. The molecule has 2 aromatic carbocycles. The molecule has 0 saturated heterocycles. The Bertz CT molecular complexity index is 797. The number of nitrogens with two attached hydrogens (primary N) is 1. The summed E-state index contributed by atoms with van der Waals surface area (Å²) in [5.74, 6) is -0.0504. The summed E-state index contributed by atoms with van der Waals surface area (Å²) in [4.78, 5) is 4.30. The van der Waals surface area contributed by atoms with Crippen molar-refractivity contribution in [1.29, 1.82) is 0 Å². The molecule has 1 aliphatic carbocycles. The lowest BCUT2D eigenvalue weighted by molar-refractivity contribution is 0.355. The number of methoxy groups -OCH3 is 2. The number of anilines is 1. The number of ether oxygens (including phenoxy) is 2. The highest BCUT2D eigenvalue weighted by atomic mass is 127. The Morgan fingerprint density at radius 2 is 1.77 bits per heavy atom. The summed E-state index contributed by atoms with van der Waals surface area (Å²) in [6.07, 6.45) is 0.562. The average molecular weight is 475 g/mol. The van der Waals surface area contributed by atoms with Gasteiger partial charge in [-0.15, -0.1) is 24.0 Å². The van der Waals surface area contributed by atoms with Gasteiger partial charge in [0.15, 0.2) is 17.5 Å². The first-order valence-corrected chi connectivity index (χ1v) is 7.79. The van der Waals surface area contributed by atoms with Crippen LogP contribution in [0.2, 0.25) is 0 Å². The fraction of sp³-hybridized carbons (Fsp3) is 0.278. The van der Waals surface area contributed by atoms with Gasteiger partial charge in [0.25, 0.3) is 0 Å². The number of hydrogen-bond acceptors (Lipinski definition) is 3. The van der Waals surface area contributed by atoms with Crippen molar-refractivity contribution in [3.63, 3.8) is 0 Å². The first-order chi connectivity index (χ1) is 12.0. The highest BCUT2D eigenvalue weighted by Crippen LogP contribution is 2.45. The topological polar surface area (TPSA) is 68.9 Å². The first-order valence-electron chi connectivity index (χ1n) is 7.79. The van der Waals surface area contributed by atoms with E-state index in [4.69, 9.17) is 15.2 Å². The SMILES string of the molecule is COc1ccc(NC(N)=N[C@@H]2C[C@H]2c2c(F)cccc2F)cc1OC.I. The Morgan fingerprint density at radius 3 is 2.38 bits per heavy atom. The third-order valence-corrected chi connectivity index (χ3v) is 4.09. The summed E-state index contributed by atoms with van der Waals surface area (Å²) in [5, 5.41) is 2.95. The molecule has 0 radical (unpaired) electrons. The van der Waals surface area contributed by atoms with Crippen molar-refractivity contribution in [3.05, 3.63) is 53.6 Å². The van der Waals surface area contributed by atoms with Crippen molar-refractivity contribution < 1.29 is 18.3 Å². The third kappa shape index (κ3) is 4.35. The zero-order chi connectivity index (χ0) is 18.0. The predicted octanol–water partition coefficient (Wildman–Crippen LogP) is 3.88. The molecule has 2 aromatic rings. The molecular formula is C18H20F2IN3O2. The minimum Gasteiger partial charge on any atom is -0.493 e. The monoisotopic (exact) mass is 475 g/mol. The van der Waals surface area contributed by atoms with Crippen molar-refractivity contribution in [2.24, 2.45) is 10.7 Å². The molecule has 0 aromatic heterocycles. The highest BCUT2D eigenvalue weighted by molar-refractivity contribution is 14.0. The summed E-state index contributed by atoms with van der Waals surface area (Å²) >= 11 is 0. The zero-order valence-corrected chi connectivity index (χ0v) is 16.7. The molecule has 8 heteroatoms. The van der Waals surface area contributed by atoms with Crippen LogP contribution in [0.5, 0.6) is 11.5 Å². The lowest BCUT2D eigenvalue weighted by Crippen LogP contribution is -2.23. The fourth-order valence-corrected chi connectivity index (χ4v) is 2.77. The number of hydrogen-bond donors (Lipinski definition) is 2. The van der Waals surface area contributed by atoms with Crippen molar-refractivity contribution in [2.75, 3.05) is 19.5 Å². The molecule has 0 amide bonds. The van der Waals surface area contributed by atoms with Gasteiger partial charge in [-0.2, -0.15) is 0 Å². The molecule has 0 spiro atoms. The van der Waals surface area contributed by atoms with Crippen LogP contribution in [0.15, 0.2) is 41.4 Å². The lowest BCUT2D eigenvalue weighted by Gasteiger charge is -2.11. The number of aliphatic imine (C=N–C) groups is 1. The largest absolute Gasteiger partial charge is 0.493 e. The number of benzene rings is 2. The number of guanidine groups is 1. The van der Waals surface area contributed by atoms with E-state index < -0.39 is 11.6 Å². The van der Waals surface area contributed by atoms with Gasteiger partial charge in [0.1, 0.15) is 11.6 Å². The molecule has 140 valence electrons. The normalized spacial score (nSPS) is 18.7. The number of nitrogens with zero attached hydrogens (tertiary/aromatic N) is 1. The van der Waals surface area contributed by atoms with E-state index in [1.165, 1.54) is 25.3 Å². The third-order valence-electron chi connectivity index (χ3n) is 4.09. The molecule has 2 atom stereocenters. The number of nitrogens with one attached hydrogen (secondary N) is 1. The minimum absolute atomic E-state index is 0. The van der Waals surface area contributed by atoms with Crippen LogP contribution in [0.3, 0.4) is 0 Å². The van der Waals surface area contributed by atoms with E-state index in [-0.39, 0.29) is 47.5 Å². The van der Waals surface area contributed by atoms with Crippen molar-refractivity contribution in [3.8, 4) is 11.5 Å². The summed E-state index contributed by atoms with van der Waals surface area (Å²) in [7, 11) is 3.09. The van der Waals surface area contributed by atoms with Gasteiger partial charge in [-0.05, 0) is 30.7 Å². The summed E-state index contributed by atoms with van der Waals surface area (Å²) in [6, 6.07) is 8.85. The highest BCUT2D eigenvalue weighted by Gasteiger charge is 2.42. The summed E-state index contributed by atoms with van der Waals surface area (Å²) < 4.78 is 38.0. The molecule has 5 nitrogen and oxygen atoms in total. The van der Waals surface area contributed by atoms with E-state index in [1.54, 1.807) is 25.3 Å². The van der Waals surface area contributed by atoms with Gasteiger partial charge in [0, 0.05) is 23.2 Å². The van der Waals surface area contributed by atoms with Crippen molar-refractivity contribution in [2.45, 2.75) is 18.4 Å². The van der Waals surface area contributed by atoms with E-state index >= 15 is 0 Å². The molecule has 3 N–H and O–H groups in total. The lowest BCUT2D eigenvalue weighted by atomic mass is 10.1. The van der Waals surface area contributed by atoms with E-state index in [0.717, 1.165) is 0 Å². The van der Waals surface area contributed by atoms with Crippen molar-refractivity contribution in [1.82, 2.24) is 0 Å². The Hall–Kier alpha value is -2.10. The van der Waals surface area contributed by atoms with E-state index in [1.807, 2.05) is 0 Å². The second-order valence-corrected chi connectivity index (χ2v) is 5.75. The predicted molar refractivity (Wildman–Crippen MR) is 108 cm³/mol. The molecule has 3 rings (SSSR count). The zero-order valence-electron chi connectivity index (χ0n) is 14.3. The van der Waals surface area contributed by atoms with E-state index in [2.05, 4.69) is 10.3 Å². The molecule has 1 fully saturated rings. The molecule has 0 bridgehead atoms. The Labute approximate surface area is 167 Å². The maximum Gasteiger partial charge on any atom is 0.193 e. The number of halogens is 3. The molecule has 0 unspecified atom stereocenters. The maximum atomic E-state index is 13.8. The summed E-state index contributed by atoms with van der Waals surface area (Å²) in [6.45, 7) is 0. The molecular weight excluding hydrogens is 455 g/mol. The first kappa shape index (κ1) is 20.2. The second kappa shape index (κ2) is 8.52. The van der Waals surface area contributed by atoms with Gasteiger partial charge < -0.3 is 20.5 Å². The Kier molecular flexibility index (Phi) is 6.63. The van der Waals surface area contributed by atoms with Crippen LogP contribution in [0.1, 0.15) is 17.9 Å². The Balaban J connectivity index is 0.00000243. The molecule has 0 aliphatic heterocycles. The standard InChI is InChI=1S/C18H19F2N3O2.HI/c1-24-15-7-6-10(8-16(15)25-2)22-18(21)23-14-9-11(14)17-12(19)4-3-5-13(17)20;/h3-8,11,14H,9H2,1-2H3,(H3,21,22,23);1H/t11-,14-;/m1./s1. The van der Waals surface area contributed by atoms with Gasteiger partial charge in [0.2, 0.25) is 0 Å². The van der Waals surface area contributed by atoms with Crippen molar-refractivity contribution >= 4 is 35.6 Å². The maximum absolute atomic E-state index is 13.8. The summed E-state index contributed by atoms with van der Waals surface area (Å²) in [5.41, 5.74) is 6.66. The smallest absolute Gasteiger partial charge is 0.193 e. The van der Waals surface area contributed by atoms with Gasteiger partial charge in [-0.1, -0.05) is 6.07 Å². The quantitative estimate of drug-likeness (QED) is 0.392. The number of rotatable bonds is 5. The van der Waals surface area contributed by atoms with Crippen LogP contribution in [0.4, 0.5) is 14.5 Å². The van der Waals surface area contributed by atoms with Gasteiger partial charge in [0.05, 0.1) is 20.3 Å². The van der Waals surface area contributed by atoms with Crippen LogP contribution in [0, 0.1) is 11.6 Å². The van der Waals surface area contributed by atoms with E-state index in [9.17, 15) is 8.78 Å². The van der Waals surface area contributed by atoms with E-state index in [0.29, 0.717) is 23.6 Å². The van der Waals surface area contributed by atoms with Crippen LogP contribution in [0.25, 0.3) is 0 Å².